The number of rotatable bonds is 0. The van der Waals surface area contributed by atoms with Gasteiger partial charge in [0.1, 0.15) is 11.4 Å². The second-order valence-electron chi connectivity index (χ2n) is 5.41. The molecule has 5 rings (SSSR count). The highest BCUT2D eigenvalue weighted by Crippen LogP contribution is 2.41. The minimum Gasteiger partial charge on any atom is -0.285 e. The van der Waals surface area contributed by atoms with Crippen molar-refractivity contribution in [1.29, 1.82) is 0 Å². The van der Waals surface area contributed by atoms with E-state index in [4.69, 9.17) is 16.6 Å². The third kappa shape index (κ3) is 1.56. The number of aromatic nitrogens is 3. The Morgan fingerprint density at radius 1 is 0.826 bits per heavy atom. The van der Waals surface area contributed by atoms with E-state index in [0.29, 0.717) is 27.7 Å². The van der Waals surface area contributed by atoms with E-state index in [0.717, 1.165) is 21.7 Å². The first-order chi connectivity index (χ1) is 11.3. The predicted molar refractivity (Wildman–Crippen MR) is 88.7 cm³/mol. The summed E-state index contributed by atoms with van der Waals surface area (Å²) in [5.74, 6) is -0.210. The summed E-state index contributed by atoms with van der Waals surface area (Å²) < 4.78 is 0. The molecule has 0 bridgehead atoms. The van der Waals surface area contributed by atoms with E-state index in [9.17, 15) is 4.79 Å². The highest BCUT2D eigenvalue weighted by Gasteiger charge is 2.31. The van der Waals surface area contributed by atoms with Gasteiger partial charge in [0.2, 0.25) is 5.78 Å². The van der Waals surface area contributed by atoms with E-state index >= 15 is 0 Å². The molecule has 0 amide bonds. The maximum atomic E-state index is 12.8. The Hall–Kier alpha value is -2.85. The standard InChI is InChI=1S/C18H8ClN3O/c19-11-6-8-21-17-14(11)15-13-10(5-7-20-16(13)18(17)23)9-3-1-2-4-12(9)22-15/h1-8H. The molecule has 0 saturated carbocycles. The highest BCUT2D eigenvalue weighted by atomic mass is 35.5. The highest BCUT2D eigenvalue weighted by molar-refractivity contribution is 6.37. The molecule has 1 aliphatic rings. The van der Waals surface area contributed by atoms with Crippen LogP contribution in [0.15, 0.2) is 48.8 Å². The summed E-state index contributed by atoms with van der Waals surface area (Å²) in [6.45, 7) is 0. The van der Waals surface area contributed by atoms with Crippen LogP contribution in [-0.2, 0) is 0 Å². The van der Waals surface area contributed by atoms with E-state index in [1.165, 1.54) is 6.20 Å². The summed E-state index contributed by atoms with van der Waals surface area (Å²) in [7, 11) is 0. The smallest absolute Gasteiger partial charge is 0.231 e. The summed E-state index contributed by atoms with van der Waals surface area (Å²) in [5.41, 5.74) is 2.82. The van der Waals surface area contributed by atoms with Crippen LogP contribution in [0.4, 0.5) is 0 Å². The van der Waals surface area contributed by atoms with E-state index in [2.05, 4.69) is 9.97 Å². The fraction of sp³-hybridized carbons (Fsp3) is 0. The number of hydrogen-bond acceptors (Lipinski definition) is 4. The van der Waals surface area contributed by atoms with Crippen LogP contribution in [0.25, 0.3) is 32.9 Å². The van der Waals surface area contributed by atoms with Crippen molar-refractivity contribution in [3.05, 3.63) is 65.2 Å². The Kier molecular flexibility index (Phi) is 2.39. The third-order valence-corrected chi connectivity index (χ3v) is 4.50. The molecule has 0 fully saturated rings. The molecule has 0 spiro atoms. The van der Waals surface area contributed by atoms with E-state index in [1.54, 1.807) is 12.3 Å². The van der Waals surface area contributed by atoms with Gasteiger partial charge in [-0.1, -0.05) is 29.8 Å². The number of hydrogen-bond donors (Lipinski definition) is 0. The molecule has 1 aliphatic carbocycles. The van der Waals surface area contributed by atoms with Crippen molar-refractivity contribution in [3.63, 3.8) is 0 Å². The first-order valence-electron chi connectivity index (χ1n) is 7.13. The van der Waals surface area contributed by atoms with Crippen molar-refractivity contribution in [2.75, 3.05) is 0 Å². The Labute approximate surface area is 135 Å². The lowest BCUT2D eigenvalue weighted by molar-refractivity contribution is 0.103. The molecule has 4 nitrogen and oxygen atoms in total. The van der Waals surface area contributed by atoms with Gasteiger partial charge in [-0.2, -0.15) is 0 Å². The zero-order chi connectivity index (χ0) is 15.6. The Balaban J connectivity index is 2.11. The first-order valence-corrected chi connectivity index (χ1v) is 7.50. The molecule has 0 saturated heterocycles. The predicted octanol–water partition coefficient (Wildman–Crippen LogP) is 4.04. The van der Waals surface area contributed by atoms with Crippen LogP contribution in [0.5, 0.6) is 0 Å². The number of carbonyl (C=O) groups excluding carboxylic acids is 1. The molecule has 0 N–H and O–H groups in total. The molecule has 3 heterocycles. The quantitative estimate of drug-likeness (QED) is 0.404. The second-order valence-corrected chi connectivity index (χ2v) is 5.81. The third-order valence-electron chi connectivity index (χ3n) is 4.18. The lowest BCUT2D eigenvalue weighted by Gasteiger charge is -2.19. The molecule has 108 valence electrons. The van der Waals surface area contributed by atoms with Crippen molar-refractivity contribution in [3.8, 4) is 11.3 Å². The minimum atomic E-state index is -0.210. The largest absolute Gasteiger partial charge is 0.285 e. The summed E-state index contributed by atoms with van der Waals surface area (Å²) in [4.78, 5) is 26.0. The van der Waals surface area contributed by atoms with Crippen molar-refractivity contribution < 1.29 is 4.79 Å². The maximum absolute atomic E-state index is 12.8. The van der Waals surface area contributed by atoms with Gasteiger partial charge in [-0.3, -0.25) is 14.8 Å². The van der Waals surface area contributed by atoms with Crippen molar-refractivity contribution >= 4 is 39.1 Å². The molecule has 0 aliphatic heterocycles. The molecular weight excluding hydrogens is 310 g/mol. The number of nitrogens with zero attached hydrogens (tertiary/aromatic N) is 3. The van der Waals surface area contributed by atoms with E-state index < -0.39 is 0 Å². The maximum Gasteiger partial charge on any atom is 0.231 e. The Morgan fingerprint density at radius 3 is 2.52 bits per heavy atom. The monoisotopic (exact) mass is 317 g/mol. The lowest BCUT2D eigenvalue weighted by atomic mass is 9.90. The fourth-order valence-corrected chi connectivity index (χ4v) is 3.44. The van der Waals surface area contributed by atoms with Gasteiger partial charge < -0.3 is 0 Å². The zero-order valence-corrected chi connectivity index (χ0v) is 12.5. The van der Waals surface area contributed by atoms with Crippen LogP contribution in [0.3, 0.4) is 0 Å². The van der Waals surface area contributed by atoms with Crippen LogP contribution in [0.1, 0.15) is 16.2 Å². The Morgan fingerprint density at radius 2 is 1.61 bits per heavy atom. The van der Waals surface area contributed by atoms with Gasteiger partial charge in [-0.25, -0.2) is 4.98 Å². The van der Waals surface area contributed by atoms with Crippen LogP contribution < -0.4 is 0 Å². The van der Waals surface area contributed by atoms with Gasteiger partial charge in [0.25, 0.3) is 0 Å². The van der Waals surface area contributed by atoms with Gasteiger partial charge in [-0.15, -0.1) is 0 Å². The molecule has 0 atom stereocenters. The van der Waals surface area contributed by atoms with Crippen molar-refractivity contribution in [1.82, 2.24) is 15.0 Å². The van der Waals surface area contributed by atoms with Crippen LogP contribution in [0.2, 0.25) is 5.02 Å². The number of fused-ring (bicyclic) bond motifs is 4. The molecule has 23 heavy (non-hydrogen) atoms. The van der Waals surface area contributed by atoms with Gasteiger partial charge in [-0.05, 0) is 23.6 Å². The molecule has 0 unspecified atom stereocenters. The topological polar surface area (TPSA) is 55.7 Å². The number of benzene rings is 1. The summed E-state index contributed by atoms with van der Waals surface area (Å²) in [5, 5.41) is 3.17. The molecule has 0 radical (unpaired) electrons. The van der Waals surface area contributed by atoms with Gasteiger partial charge >= 0.3 is 0 Å². The SMILES string of the molecule is O=C1c2nccc(Cl)c2-c2nc3ccccc3c3ccnc1c23. The number of halogens is 1. The minimum absolute atomic E-state index is 0.210. The molecule has 3 aromatic heterocycles. The fourth-order valence-electron chi connectivity index (χ4n) is 3.20. The van der Waals surface area contributed by atoms with Gasteiger partial charge in [0.15, 0.2) is 0 Å². The summed E-state index contributed by atoms with van der Waals surface area (Å²) in [6, 6.07) is 11.4. The number of carbonyl (C=O) groups is 1. The number of para-hydroxylation sites is 1. The molecule has 5 heteroatoms. The Bertz CT molecular complexity index is 1150. The lowest BCUT2D eigenvalue weighted by Crippen LogP contribution is -2.15. The van der Waals surface area contributed by atoms with E-state index in [1.807, 2.05) is 30.3 Å². The second kappa shape index (κ2) is 4.33. The molecule has 4 aromatic rings. The number of ketones is 1. The van der Waals surface area contributed by atoms with Crippen molar-refractivity contribution in [2.45, 2.75) is 0 Å². The average molecular weight is 318 g/mol. The molecular formula is C18H8ClN3O. The van der Waals surface area contributed by atoms with Crippen molar-refractivity contribution in [2.24, 2.45) is 0 Å². The zero-order valence-electron chi connectivity index (χ0n) is 11.7. The summed E-state index contributed by atoms with van der Waals surface area (Å²) >= 11 is 6.36. The van der Waals surface area contributed by atoms with Crippen LogP contribution >= 0.6 is 11.6 Å². The normalized spacial score (nSPS) is 12.7. The van der Waals surface area contributed by atoms with Crippen LogP contribution in [-0.4, -0.2) is 20.7 Å². The number of pyridine rings is 3. The molecule has 1 aromatic carbocycles. The van der Waals surface area contributed by atoms with Gasteiger partial charge in [0, 0.05) is 28.7 Å². The summed E-state index contributed by atoms with van der Waals surface area (Å²) in [6.07, 6.45) is 3.19. The first kappa shape index (κ1) is 12.7. The van der Waals surface area contributed by atoms with E-state index in [-0.39, 0.29) is 5.78 Å². The average Bonchev–Trinajstić information content (AvgIpc) is 2.59. The van der Waals surface area contributed by atoms with Gasteiger partial charge in [0.05, 0.1) is 16.2 Å². The van der Waals surface area contributed by atoms with Crippen LogP contribution in [0, 0.1) is 0 Å².